The summed E-state index contributed by atoms with van der Waals surface area (Å²) in [5, 5.41) is 3.30. The molecule has 1 aliphatic rings. The molecule has 0 radical (unpaired) electrons. The number of benzene rings is 1. The van der Waals surface area contributed by atoms with Crippen molar-refractivity contribution in [1.82, 2.24) is 9.80 Å². The second-order valence-corrected chi connectivity index (χ2v) is 6.89. The van der Waals surface area contributed by atoms with Gasteiger partial charge in [-0.25, -0.2) is 0 Å². The summed E-state index contributed by atoms with van der Waals surface area (Å²) in [5.41, 5.74) is 1.54. The third-order valence-corrected chi connectivity index (χ3v) is 4.65. The average Bonchev–Trinajstić information content (AvgIpc) is 2.58. The molecule has 1 aliphatic heterocycles. The van der Waals surface area contributed by atoms with Crippen molar-refractivity contribution in [1.29, 1.82) is 0 Å². The van der Waals surface area contributed by atoms with Gasteiger partial charge >= 0.3 is 0 Å². The molecule has 1 aromatic rings. The van der Waals surface area contributed by atoms with E-state index in [1.165, 1.54) is 0 Å². The zero-order valence-electron chi connectivity index (χ0n) is 15.0. The fourth-order valence-electron chi connectivity index (χ4n) is 2.83. The van der Waals surface area contributed by atoms with Gasteiger partial charge in [-0.15, -0.1) is 0 Å². The number of rotatable bonds is 6. The van der Waals surface area contributed by atoms with E-state index in [2.05, 4.69) is 17.1 Å². The van der Waals surface area contributed by atoms with Gasteiger partial charge in [-0.1, -0.05) is 17.7 Å². The number of carbonyl (C=O) groups excluding carboxylic acids is 2. The van der Waals surface area contributed by atoms with Crippen molar-refractivity contribution in [2.45, 2.75) is 26.3 Å². The lowest BCUT2D eigenvalue weighted by Crippen LogP contribution is -2.48. The lowest BCUT2D eigenvalue weighted by molar-refractivity contribution is -0.134. The van der Waals surface area contributed by atoms with Crippen LogP contribution < -0.4 is 5.32 Å². The van der Waals surface area contributed by atoms with Crippen LogP contribution in [0.3, 0.4) is 0 Å². The number of likely N-dealkylation sites (N-methyl/N-ethyl adjacent to an activating group) is 1. The Balaban J connectivity index is 1.83. The first kappa shape index (κ1) is 19.7. The number of anilines is 1. The molecule has 0 unspecified atom stereocenters. The van der Waals surface area contributed by atoms with Gasteiger partial charge in [0.25, 0.3) is 0 Å². The normalized spacial score (nSPS) is 16.3. The molecule has 1 aromatic carbocycles. The Labute approximate surface area is 154 Å². The van der Waals surface area contributed by atoms with Crippen molar-refractivity contribution >= 4 is 29.1 Å². The Kier molecular flexibility index (Phi) is 7.23. The van der Waals surface area contributed by atoms with Crippen LogP contribution in [0.2, 0.25) is 5.02 Å². The molecule has 0 saturated carbocycles. The number of morpholine rings is 1. The number of hydrogen-bond acceptors (Lipinski definition) is 4. The van der Waals surface area contributed by atoms with Crippen molar-refractivity contribution in [3.63, 3.8) is 0 Å². The summed E-state index contributed by atoms with van der Waals surface area (Å²) in [6, 6.07) is 5.51. The summed E-state index contributed by atoms with van der Waals surface area (Å²) < 4.78 is 5.34. The molecule has 1 fully saturated rings. The van der Waals surface area contributed by atoms with Crippen LogP contribution in [-0.2, 0) is 14.3 Å². The Hall–Kier alpha value is -1.63. The molecule has 0 spiro atoms. The standard InChI is InChI=1S/C18H26ClN3O3/c1-13-4-5-15(19)10-16(13)20-17(23)11-18(24)21(3)12-14(2)22-6-8-25-9-7-22/h4-5,10,14H,6-9,11-12H2,1-3H3,(H,20,23)/t14-/m0/s1. The minimum Gasteiger partial charge on any atom is -0.379 e. The monoisotopic (exact) mass is 367 g/mol. The highest BCUT2D eigenvalue weighted by atomic mass is 35.5. The maximum absolute atomic E-state index is 12.3. The number of nitrogens with zero attached hydrogens (tertiary/aromatic N) is 2. The third kappa shape index (κ3) is 5.99. The Bertz CT molecular complexity index is 618. The van der Waals surface area contributed by atoms with Gasteiger partial charge in [-0.05, 0) is 31.5 Å². The van der Waals surface area contributed by atoms with E-state index in [4.69, 9.17) is 16.3 Å². The first-order chi connectivity index (χ1) is 11.9. The van der Waals surface area contributed by atoms with Crippen LogP contribution in [0.5, 0.6) is 0 Å². The van der Waals surface area contributed by atoms with E-state index in [1.54, 1.807) is 24.1 Å². The number of hydrogen-bond donors (Lipinski definition) is 1. The molecule has 0 aromatic heterocycles. The molecule has 0 bridgehead atoms. The molecule has 6 nitrogen and oxygen atoms in total. The largest absolute Gasteiger partial charge is 0.379 e. The van der Waals surface area contributed by atoms with Gasteiger partial charge < -0.3 is 15.0 Å². The number of carbonyl (C=O) groups is 2. The second-order valence-electron chi connectivity index (χ2n) is 6.46. The number of aryl methyl sites for hydroxylation is 1. The molecule has 1 atom stereocenters. The highest BCUT2D eigenvalue weighted by molar-refractivity contribution is 6.31. The quantitative estimate of drug-likeness (QED) is 0.783. The molecule has 1 heterocycles. The highest BCUT2D eigenvalue weighted by Gasteiger charge is 2.21. The van der Waals surface area contributed by atoms with Gasteiger partial charge in [0, 0.05) is 43.4 Å². The van der Waals surface area contributed by atoms with E-state index >= 15 is 0 Å². The number of nitrogens with one attached hydrogen (secondary N) is 1. The second kappa shape index (κ2) is 9.17. The fraction of sp³-hybridized carbons (Fsp3) is 0.556. The fourth-order valence-corrected chi connectivity index (χ4v) is 3.00. The van der Waals surface area contributed by atoms with Gasteiger partial charge in [-0.2, -0.15) is 0 Å². The first-order valence-electron chi connectivity index (χ1n) is 8.48. The molecule has 138 valence electrons. The molecule has 2 amide bonds. The summed E-state index contributed by atoms with van der Waals surface area (Å²) in [6.07, 6.45) is -0.182. The predicted molar refractivity (Wildman–Crippen MR) is 98.9 cm³/mol. The minimum atomic E-state index is -0.332. The minimum absolute atomic E-state index is 0.182. The SMILES string of the molecule is Cc1ccc(Cl)cc1NC(=O)CC(=O)N(C)C[C@H](C)N1CCOCC1. The molecule has 7 heteroatoms. The van der Waals surface area contributed by atoms with Crippen LogP contribution in [0.4, 0.5) is 5.69 Å². The summed E-state index contributed by atoms with van der Waals surface area (Å²) in [4.78, 5) is 28.4. The van der Waals surface area contributed by atoms with Gasteiger partial charge in [-0.3, -0.25) is 14.5 Å². The predicted octanol–water partition coefficient (Wildman–Crippen LogP) is 2.16. The van der Waals surface area contributed by atoms with E-state index in [0.717, 1.165) is 31.9 Å². The van der Waals surface area contributed by atoms with Crippen molar-refractivity contribution in [3.8, 4) is 0 Å². The lowest BCUT2D eigenvalue weighted by atomic mass is 10.2. The summed E-state index contributed by atoms with van der Waals surface area (Å²) in [6.45, 7) is 7.75. The van der Waals surface area contributed by atoms with Crippen LogP contribution in [0.15, 0.2) is 18.2 Å². The summed E-state index contributed by atoms with van der Waals surface area (Å²) in [5.74, 6) is -0.529. The summed E-state index contributed by atoms with van der Waals surface area (Å²) in [7, 11) is 1.73. The molecular weight excluding hydrogens is 342 g/mol. The van der Waals surface area contributed by atoms with E-state index in [0.29, 0.717) is 17.3 Å². The third-order valence-electron chi connectivity index (χ3n) is 4.42. The van der Waals surface area contributed by atoms with Gasteiger partial charge in [0.15, 0.2) is 0 Å². The van der Waals surface area contributed by atoms with E-state index < -0.39 is 0 Å². The van der Waals surface area contributed by atoms with Gasteiger partial charge in [0.1, 0.15) is 6.42 Å². The summed E-state index contributed by atoms with van der Waals surface area (Å²) >= 11 is 5.95. The van der Waals surface area contributed by atoms with Crippen LogP contribution in [-0.4, -0.2) is 67.6 Å². The molecule has 0 aliphatic carbocycles. The average molecular weight is 368 g/mol. The zero-order chi connectivity index (χ0) is 18.4. The van der Waals surface area contributed by atoms with Gasteiger partial charge in [0.2, 0.25) is 11.8 Å². The van der Waals surface area contributed by atoms with Crippen LogP contribution in [0.25, 0.3) is 0 Å². The lowest BCUT2D eigenvalue weighted by Gasteiger charge is -2.34. The van der Waals surface area contributed by atoms with Crippen molar-refractivity contribution in [3.05, 3.63) is 28.8 Å². The maximum Gasteiger partial charge on any atom is 0.233 e. The smallest absolute Gasteiger partial charge is 0.233 e. The topological polar surface area (TPSA) is 61.9 Å². The molecule has 2 rings (SSSR count). The van der Waals surface area contributed by atoms with Crippen molar-refractivity contribution < 1.29 is 14.3 Å². The highest BCUT2D eigenvalue weighted by Crippen LogP contribution is 2.20. The molecule has 1 N–H and O–H groups in total. The number of halogens is 1. The maximum atomic E-state index is 12.3. The Morgan fingerprint density at radius 1 is 1.36 bits per heavy atom. The van der Waals surface area contributed by atoms with Gasteiger partial charge in [0.05, 0.1) is 13.2 Å². The first-order valence-corrected chi connectivity index (χ1v) is 8.86. The molecule has 1 saturated heterocycles. The Morgan fingerprint density at radius 3 is 2.72 bits per heavy atom. The zero-order valence-corrected chi connectivity index (χ0v) is 15.8. The number of ether oxygens (including phenoxy) is 1. The van der Waals surface area contributed by atoms with Crippen LogP contribution in [0, 0.1) is 6.92 Å². The van der Waals surface area contributed by atoms with E-state index in [9.17, 15) is 9.59 Å². The van der Waals surface area contributed by atoms with E-state index in [1.807, 2.05) is 13.0 Å². The molecule has 25 heavy (non-hydrogen) atoms. The molecular formula is C18H26ClN3O3. The Morgan fingerprint density at radius 2 is 2.04 bits per heavy atom. The van der Waals surface area contributed by atoms with E-state index in [-0.39, 0.29) is 24.3 Å². The van der Waals surface area contributed by atoms with Crippen molar-refractivity contribution in [2.24, 2.45) is 0 Å². The van der Waals surface area contributed by atoms with Crippen LogP contribution >= 0.6 is 11.6 Å². The van der Waals surface area contributed by atoms with Crippen molar-refractivity contribution in [2.75, 3.05) is 45.2 Å². The van der Waals surface area contributed by atoms with Crippen LogP contribution in [0.1, 0.15) is 18.9 Å². The number of amides is 2.